The number of nitrogens with two attached hydrogens (primary N) is 2. The Morgan fingerprint density at radius 2 is 1.90 bits per heavy atom. The van der Waals surface area contributed by atoms with Crippen molar-refractivity contribution in [2.24, 2.45) is 21.7 Å². The highest BCUT2D eigenvalue weighted by Gasteiger charge is 2.02. The number of hydrogen-bond donors (Lipinski definition) is 3. The molecule has 0 radical (unpaired) electrons. The van der Waals surface area contributed by atoms with Crippen LogP contribution in [0.1, 0.15) is 5.56 Å². The number of benzene rings is 1. The molecular formula is C10H15N5O5. The van der Waals surface area contributed by atoms with Crippen LogP contribution < -0.4 is 20.9 Å². The Bertz CT molecular complexity index is 495. The van der Waals surface area contributed by atoms with E-state index in [9.17, 15) is 0 Å². The predicted molar refractivity (Wildman–Crippen MR) is 71.7 cm³/mol. The molecule has 0 unspecified atom stereocenters. The van der Waals surface area contributed by atoms with Crippen molar-refractivity contribution in [2.75, 3.05) is 14.2 Å². The normalized spacial score (nSPS) is 9.30. The van der Waals surface area contributed by atoms with Crippen molar-refractivity contribution in [2.45, 2.75) is 0 Å². The van der Waals surface area contributed by atoms with Crippen LogP contribution in [-0.2, 0) is 0 Å². The van der Waals surface area contributed by atoms with Gasteiger partial charge in [-0.05, 0) is 23.8 Å². The third kappa shape index (κ3) is 7.32. The number of nitrogens with zero attached hydrogens (tertiary/aromatic N) is 3. The van der Waals surface area contributed by atoms with Gasteiger partial charge in [0.2, 0.25) is 5.96 Å². The molecule has 0 fully saturated rings. The maximum atomic E-state index is 8.36. The first kappa shape index (κ1) is 17.0. The zero-order valence-corrected chi connectivity index (χ0v) is 10.9. The lowest BCUT2D eigenvalue weighted by Crippen LogP contribution is -2.21. The Hall–Kier alpha value is -3.04. The fraction of sp³-hybridized carbons (Fsp3) is 0.200. The second kappa shape index (κ2) is 8.97. The summed E-state index contributed by atoms with van der Waals surface area (Å²) >= 11 is 0. The summed E-state index contributed by atoms with van der Waals surface area (Å²) in [5.74, 6) is 1.19. The number of hydrogen-bond acceptors (Lipinski definition) is 6. The Morgan fingerprint density at radius 3 is 2.35 bits per heavy atom. The van der Waals surface area contributed by atoms with Crippen molar-refractivity contribution in [1.29, 1.82) is 0 Å². The van der Waals surface area contributed by atoms with E-state index >= 15 is 0 Å². The highest BCUT2D eigenvalue weighted by molar-refractivity contribution is 5.82. The molecule has 0 aliphatic rings. The molecule has 1 rings (SSSR count). The Balaban J connectivity index is 0.000000796. The van der Waals surface area contributed by atoms with Crippen LogP contribution in [0.3, 0.4) is 0 Å². The SMILES string of the molecule is COc1ccc(/C=N/N=C(N)N)cc1OC.O=[N+]([O-])O. The van der Waals surface area contributed by atoms with Crippen molar-refractivity contribution in [3.05, 3.63) is 33.9 Å². The summed E-state index contributed by atoms with van der Waals surface area (Å²) in [6, 6.07) is 5.35. The van der Waals surface area contributed by atoms with Crippen LogP contribution in [0.5, 0.6) is 11.5 Å². The smallest absolute Gasteiger partial charge is 0.291 e. The Labute approximate surface area is 114 Å². The molecule has 5 N–H and O–H groups in total. The van der Waals surface area contributed by atoms with Crippen molar-refractivity contribution in [1.82, 2.24) is 0 Å². The zero-order chi connectivity index (χ0) is 15.5. The van der Waals surface area contributed by atoms with E-state index in [1.807, 2.05) is 6.07 Å². The van der Waals surface area contributed by atoms with Gasteiger partial charge in [-0.3, -0.25) is 0 Å². The fourth-order valence-corrected chi connectivity index (χ4v) is 1.10. The molecule has 110 valence electrons. The summed E-state index contributed by atoms with van der Waals surface area (Å²) in [7, 11) is 3.14. The van der Waals surface area contributed by atoms with Gasteiger partial charge in [-0.2, -0.15) is 5.10 Å². The number of methoxy groups -OCH3 is 2. The van der Waals surface area contributed by atoms with E-state index in [1.54, 1.807) is 26.4 Å². The fourth-order valence-electron chi connectivity index (χ4n) is 1.10. The van der Waals surface area contributed by atoms with E-state index in [0.29, 0.717) is 11.5 Å². The summed E-state index contributed by atoms with van der Waals surface area (Å²) in [5, 5.41) is 20.8. The molecule has 10 heteroatoms. The van der Waals surface area contributed by atoms with Gasteiger partial charge < -0.3 is 26.1 Å². The van der Waals surface area contributed by atoms with Gasteiger partial charge in [0.1, 0.15) is 0 Å². The minimum absolute atomic E-state index is 0.0864. The lowest BCUT2D eigenvalue weighted by molar-refractivity contribution is -0.742. The van der Waals surface area contributed by atoms with E-state index in [1.165, 1.54) is 6.21 Å². The minimum Gasteiger partial charge on any atom is -0.493 e. The van der Waals surface area contributed by atoms with Crippen LogP contribution in [0.2, 0.25) is 0 Å². The first-order valence-electron chi connectivity index (χ1n) is 5.08. The van der Waals surface area contributed by atoms with Crippen LogP contribution in [-0.4, -0.2) is 36.7 Å². The minimum atomic E-state index is -1.50. The second-order valence-electron chi connectivity index (χ2n) is 3.12. The molecule has 0 heterocycles. The molecule has 0 saturated heterocycles. The van der Waals surface area contributed by atoms with E-state index in [0.717, 1.165) is 5.56 Å². The largest absolute Gasteiger partial charge is 0.493 e. The molecule has 0 aliphatic carbocycles. The average Bonchev–Trinajstić information content (AvgIpc) is 2.37. The van der Waals surface area contributed by atoms with Gasteiger partial charge in [0.05, 0.1) is 20.4 Å². The lowest BCUT2D eigenvalue weighted by atomic mass is 10.2. The second-order valence-corrected chi connectivity index (χ2v) is 3.12. The molecule has 1 aromatic rings. The Morgan fingerprint density at radius 1 is 1.35 bits per heavy atom. The van der Waals surface area contributed by atoms with Gasteiger partial charge >= 0.3 is 0 Å². The standard InChI is InChI=1S/C10H14N4O2.HNO3/c1-15-8-4-3-7(5-9(8)16-2)6-13-14-10(11)12;2-1(3)4/h3-6H,1-2H3,(H4,11,12,14);(H,2,3,4)/b13-6+;. The van der Waals surface area contributed by atoms with Gasteiger partial charge in [0.25, 0.3) is 5.09 Å². The van der Waals surface area contributed by atoms with Crippen molar-refractivity contribution in [3.8, 4) is 11.5 Å². The summed E-state index contributed by atoms with van der Waals surface area (Å²) < 4.78 is 10.2. The van der Waals surface area contributed by atoms with Crippen molar-refractivity contribution >= 4 is 12.2 Å². The summed E-state index contributed by atoms with van der Waals surface area (Å²) in [4.78, 5) is 8.36. The molecule has 1 aromatic carbocycles. The molecule has 0 spiro atoms. The first-order valence-corrected chi connectivity index (χ1v) is 5.08. The number of guanidine groups is 1. The lowest BCUT2D eigenvalue weighted by Gasteiger charge is -2.06. The Kier molecular flexibility index (Phi) is 7.60. The van der Waals surface area contributed by atoms with Crippen LogP contribution >= 0.6 is 0 Å². The topological polar surface area (TPSA) is 159 Å². The number of ether oxygens (including phenoxy) is 2. The third-order valence-electron chi connectivity index (χ3n) is 1.79. The molecule has 0 aliphatic heterocycles. The van der Waals surface area contributed by atoms with E-state index in [2.05, 4.69) is 10.2 Å². The average molecular weight is 285 g/mol. The van der Waals surface area contributed by atoms with Crippen LogP contribution in [0, 0.1) is 10.1 Å². The van der Waals surface area contributed by atoms with Crippen LogP contribution in [0.4, 0.5) is 0 Å². The van der Waals surface area contributed by atoms with Crippen LogP contribution in [0.25, 0.3) is 0 Å². The van der Waals surface area contributed by atoms with E-state index in [4.69, 9.17) is 36.3 Å². The molecule has 0 amide bonds. The van der Waals surface area contributed by atoms with E-state index < -0.39 is 5.09 Å². The van der Waals surface area contributed by atoms with Crippen molar-refractivity contribution < 1.29 is 19.8 Å². The zero-order valence-electron chi connectivity index (χ0n) is 10.9. The molecular weight excluding hydrogens is 270 g/mol. The van der Waals surface area contributed by atoms with Gasteiger partial charge in [-0.1, -0.05) is 0 Å². The first-order chi connectivity index (χ1) is 9.40. The van der Waals surface area contributed by atoms with E-state index in [-0.39, 0.29) is 5.96 Å². The van der Waals surface area contributed by atoms with Gasteiger partial charge in [-0.25, -0.2) is 0 Å². The summed E-state index contributed by atoms with van der Waals surface area (Å²) in [6.45, 7) is 0. The molecule has 0 aromatic heterocycles. The highest BCUT2D eigenvalue weighted by atomic mass is 16.9. The quantitative estimate of drug-likeness (QED) is 0.303. The molecule has 0 saturated carbocycles. The molecule has 0 bridgehead atoms. The third-order valence-corrected chi connectivity index (χ3v) is 1.79. The highest BCUT2D eigenvalue weighted by Crippen LogP contribution is 2.26. The van der Waals surface area contributed by atoms with Gasteiger partial charge in [-0.15, -0.1) is 15.2 Å². The summed E-state index contributed by atoms with van der Waals surface area (Å²) in [6.07, 6.45) is 1.52. The monoisotopic (exact) mass is 285 g/mol. The maximum absolute atomic E-state index is 8.36. The van der Waals surface area contributed by atoms with Crippen molar-refractivity contribution in [3.63, 3.8) is 0 Å². The van der Waals surface area contributed by atoms with Gasteiger partial charge in [0.15, 0.2) is 11.5 Å². The molecule has 0 atom stereocenters. The van der Waals surface area contributed by atoms with Crippen LogP contribution in [0.15, 0.2) is 28.4 Å². The van der Waals surface area contributed by atoms with Gasteiger partial charge in [0, 0.05) is 0 Å². The summed E-state index contributed by atoms with van der Waals surface area (Å²) in [5.41, 5.74) is 11.1. The molecule has 10 nitrogen and oxygen atoms in total. The molecule has 20 heavy (non-hydrogen) atoms. The maximum Gasteiger partial charge on any atom is 0.291 e. The number of rotatable bonds is 4. The predicted octanol–water partition coefficient (Wildman–Crippen LogP) is -0.0366.